The Balaban J connectivity index is 1.53. The molecule has 160 valence electrons. The van der Waals surface area contributed by atoms with Gasteiger partial charge in [0.25, 0.3) is 0 Å². The summed E-state index contributed by atoms with van der Waals surface area (Å²) in [5.74, 6) is -0.354. The lowest BCUT2D eigenvalue weighted by molar-refractivity contribution is -0.132. The second-order valence-corrected chi connectivity index (χ2v) is 8.63. The number of nitrogens with two attached hydrogens (primary N) is 1. The topological polar surface area (TPSA) is 71.6 Å². The number of likely N-dealkylation sites (tertiary alicyclic amines) is 1. The third kappa shape index (κ3) is 3.83. The van der Waals surface area contributed by atoms with E-state index in [1.165, 1.54) is 19.3 Å². The van der Waals surface area contributed by atoms with E-state index in [1.807, 2.05) is 27.7 Å². The average molecular weight is 417 g/mol. The summed E-state index contributed by atoms with van der Waals surface area (Å²) in [7, 11) is 0. The van der Waals surface area contributed by atoms with E-state index in [0.29, 0.717) is 12.1 Å². The second-order valence-electron chi connectivity index (χ2n) is 8.63. The molecule has 0 radical (unpaired) electrons. The Hall–Kier alpha value is -3.12. The highest BCUT2D eigenvalue weighted by atomic mass is 16.2. The van der Waals surface area contributed by atoms with Crippen LogP contribution < -0.4 is 5.73 Å². The van der Waals surface area contributed by atoms with Crippen molar-refractivity contribution in [1.29, 1.82) is 0 Å². The van der Waals surface area contributed by atoms with Crippen molar-refractivity contribution in [3.05, 3.63) is 59.7 Å². The number of amides is 2. The van der Waals surface area contributed by atoms with Gasteiger partial charge < -0.3 is 20.1 Å². The van der Waals surface area contributed by atoms with Crippen molar-refractivity contribution in [3.63, 3.8) is 0 Å². The molecule has 6 nitrogen and oxygen atoms in total. The summed E-state index contributed by atoms with van der Waals surface area (Å²) < 4.78 is 2.04. The van der Waals surface area contributed by atoms with Gasteiger partial charge in [-0.1, -0.05) is 36.8 Å². The molecule has 1 aromatic heterocycles. The largest absolute Gasteiger partial charge is 0.366 e. The highest BCUT2D eigenvalue weighted by Crippen LogP contribution is 2.33. The maximum absolute atomic E-state index is 13.4. The third-order valence-corrected chi connectivity index (χ3v) is 6.62. The number of nitrogens with zero attached hydrogens (tertiary/aromatic N) is 3. The smallest absolute Gasteiger partial charge is 0.248 e. The maximum Gasteiger partial charge on any atom is 0.248 e. The van der Waals surface area contributed by atoms with E-state index in [9.17, 15) is 9.59 Å². The van der Waals surface area contributed by atoms with Crippen LogP contribution >= 0.6 is 0 Å². The van der Waals surface area contributed by atoms with Crippen LogP contribution in [0.1, 0.15) is 35.2 Å². The minimum Gasteiger partial charge on any atom is -0.366 e. The van der Waals surface area contributed by atoms with Crippen LogP contribution in [0.15, 0.2) is 48.5 Å². The van der Waals surface area contributed by atoms with Gasteiger partial charge in [0.15, 0.2) is 0 Å². The molecule has 1 fully saturated rings. The summed E-state index contributed by atoms with van der Waals surface area (Å²) in [4.78, 5) is 29.6. The molecule has 0 spiro atoms. The molecule has 3 aromatic rings. The highest BCUT2D eigenvalue weighted by molar-refractivity contribution is 5.99. The Kier molecular flexibility index (Phi) is 5.24. The first-order chi connectivity index (χ1) is 15.1. The van der Waals surface area contributed by atoms with E-state index in [0.717, 1.165) is 53.9 Å². The van der Waals surface area contributed by atoms with Crippen molar-refractivity contribution in [2.75, 3.05) is 26.2 Å². The van der Waals surface area contributed by atoms with Crippen LogP contribution in [-0.2, 0) is 17.9 Å². The fourth-order valence-corrected chi connectivity index (χ4v) is 4.89. The molecule has 31 heavy (non-hydrogen) atoms. The lowest BCUT2D eigenvalue weighted by atomic mass is 10.0. The molecule has 2 aromatic carbocycles. The molecule has 0 bridgehead atoms. The number of piperidine rings is 1. The number of benzene rings is 2. The monoisotopic (exact) mass is 416 g/mol. The molecule has 2 amide bonds. The first kappa shape index (κ1) is 19.8. The number of primary amides is 1. The number of fused-ring (bicyclic) bond motifs is 5. The van der Waals surface area contributed by atoms with Crippen molar-refractivity contribution < 1.29 is 9.59 Å². The molecule has 0 unspecified atom stereocenters. The molecule has 0 aliphatic carbocycles. The van der Waals surface area contributed by atoms with E-state index in [2.05, 4.69) is 23.1 Å². The molecule has 6 heteroatoms. The van der Waals surface area contributed by atoms with E-state index in [4.69, 9.17) is 5.73 Å². The molecule has 3 heterocycles. The summed E-state index contributed by atoms with van der Waals surface area (Å²) in [6, 6.07) is 15.9. The van der Waals surface area contributed by atoms with Crippen molar-refractivity contribution in [2.45, 2.75) is 32.4 Å². The Morgan fingerprint density at radius 1 is 0.935 bits per heavy atom. The van der Waals surface area contributed by atoms with E-state index >= 15 is 0 Å². The normalized spacial score (nSPS) is 17.2. The van der Waals surface area contributed by atoms with Gasteiger partial charge in [-0.25, -0.2) is 0 Å². The quantitative estimate of drug-likeness (QED) is 0.710. The summed E-state index contributed by atoms with van der Waals surface area (Å²) in [6.45, 7) is 4.78. The van der Waals surface area contributed by atoms with Gasteiger partial charge in [-0.2, -0.15) is 0 Å². The van der Waals surface area contributed by atoms with Gasteiger partial charge in [0.05, 0.1) is 0 Å². The van der Waals surface area contributed by atoms with Gasteiger partial charge in [0.1, 0.15) is 6.54 Å². The predicted octanol–water partition coefficient (Wildman–Crippen LogP) is 3.24. The number of rotatable bonds is 4. The third-order valence-electron chi connectivity index (χ3n) is 6.62. The molecule has 0 saturated carbocycles. The SMILES string of the molecule is NC(=O)c1ccc2cc3n(c2c1)CC(=O)N(CCN1CCCCC1)Cc1ccccc1-3. The summed E-state index contributed by atoms with van der Waals surface area (Å²) in [6.07, 6.45) is 3.80. The summed E-state index contributed by atoms with van der Waals surface area (Å²) in [5.41, 5.74) is 10.1. The standard InChI is InChI=1S/C25H28N4O2/c26-25(31)19-9-8-18-14-23-21-7-3-2-6-20(21)16-28(13-12-27-10-4-1-5-11-27)24(30)17-29(23)22(18)15-19/h2-3,6-9,14-15H,1,4-5,10-13,16-17H2,(H2,26,31). The van der Waals surface area contributed by atoms with Gasteiger partial charge in [-0.15, -0.1) is 0 Å². The minimum absolute atomic E-state index is 0.106. The van der Waals surface area contributed by atoms with Crippen LogP contribution in [0.25, 0.3) is 22.2 Å². The zero-order valence-electron chi connectivity index (χ0n) is 17.7. The molecule has 1 saturated heterocycles. The van der Waals surface area contributed by atoms with Gasteiger partial charge in [0.2, 0.25) is 11.8 Å². The molecule has 2 N–H and O–H groups in total. The Labute approximate surface area is 182 Å². The highest BCUT2D eigenvalue weighted by Gasteiger charge is 2.25. The molecule has 0 atom stereocenters. The predicted molar refractivity (Wildman–Crippen MR) is 122 cm³/mol. The second kappa shape index (κ2) is 8.19. The van der Waals surface area contributed by atoms with Crippen LogP contribution in [0.5, 0.6) is 0 Å². The lowest BCUT2D eigenvalue weighted by Gasteiger charge is -2.32. The van der Waals surface area contributed by atoms with E-state index in [-0.39, 0.29) is 12.5 Å². The van der Waals surface area contributed by atoms with Crippen LogP contribution in [0, 0.1) is 0 Å². The Bertz CT molecular complexity index is 1140. The summed E-state index contributed by atoms with van der Waals surface area (Å²) >= 11 is 0. The summed E-state index contributed by atoms with van der Waals surface area (Å²) in [5, 5.41) is 1.00. The first-order valence-corrected chi connectivity index (χ1v) is 11.1. The van der Waals surface area contributed by atoms with Crippen LogP contribution in [-0.4, -0.2) is 52.4 Å². The lowest BCUT2D eigenvalue weighted by Crippen LogP contribution is -2.42. The molecular weight excluding hydrogens is 388 g/mol. The van der Waals surface area contributed by atoms with Crippen molar-refractivity contribution >= 4 is 22.7 Å². The number of hydrogen-bond donors (Lipinski definition) is 1. The first-order valence-electron chi connectivity index (χ1n) is 11.1. The van der Waals surface area contributed by atoms with Crippen LogP contribution in [0.2, 0.25) is 0 Å². The maximum atomic E-state index is 13.4. The van der Waals surface area contributed by atoms with E-state index in [1.54, 1.807) is 12.1 Å². The van der Waals surface area contributed by atoms with Gasteiger partial charge >= 0.3 is 0 Å². The van der Waals surface area contributed by atoms with Gasteiger partial charge in [0, 0.05) is 47.4 Å². The fourth-order valence-electron chi connectivity index (χ4n) is 4.89. The molecular formula is C25H28N4O2. The fraction of sp³-hybridized carbons (Fsp3) is 0.360. The molecule has 2 aliphatic rings. The van der Waals surface area contributed by atoms with Crippen LogP contribution in [0.3, 0.4) is 0 Å². The average Bonchev–Trinajstić information content (AvgIpc) is 3.13. The van der Waals surface area contributed by atoms with E-state index < -0.39 is 5.91 Å². The van der Waals surface area contributed by atoms with Crippen molar-refractivity contribution in [2.24, 2.45) is 5.73 Å². The minimum atomic E-state index is -0.460. The van der Waals surface area contributed by atoms with Gasteiger partial charge in [-0.3, -0.25) is 9.59 Å². The van der Waals surface area contributed by atoms with Crippen molar-refractivity contribution in [1.82, 2.24) is 14.4 Å². The van der Waals surface area contributed by atoms with Gasteiger partial charge in [-0.05, 0) is 49.7 Å². The number of carbonyl (C=O) groups excluding carboxylic acids is 2. The molecule has 2 aliphatic heterocycles. The molecule has 5 rings (SSSR count). The number of aromatic nitrogens is 1. The Morgan fingerprint density at radius 2 is 1.74 bits per heavy atom. The van der Waals surface area contributed by atoms with Crippen LogP contribution in [0.4, 0.5) is 0 Å². The zero-order chi connectivity index (χ0) is 21.4. The number of hydrogen-bond acceptors (Lipinski definition) is 3. The Morgan fingerprint density at radius 3 is 2.55 bits per heavy atom. The number of carbonyl (C=O) groups is 2. The zero-order valence-corrected chi connectivity index (χ0v) is 17.7. The van der Waals surface area contributed by atoms with Crippen molar-refractivity contribution in [3.8, 4) is 11.3 Å².